The van der Waals surface area contributed by atoms with E-state index in [1.165, 1.54) is 16.7 Å². The minimum atomic E-state index is -3.47. The SMILES string of the molecule is N#CCCN(C(=O)COC(=O)c1ccc2c(c1)SC1=NS(=O)(=O)CCN12)c1ccccc1. The van der Waals surface area contributed by atoms with Crippen molar-refractivity contribution in [3.05, 3.63) is 54.1 Å². The highest BCUT2D eigenvalue weighted by molar-refractivity contribution is 8.15. The Morgan fingerprint density at radius 2 is 2.00 bits per heavy atom. The molecule has 0 aliphatic carbocycles. The zero-order valence-electron chi connectivity index (χ0n) is 16.8. The Kier molecular flexibility index (Phi) is 6.16. The van der Waals surface area contributed by atoms with Crippen molar-refractivity contribution in [1.29, 1.82) is 5.26 Å². The number of carbonyl (C=O) groups excluding carboxylic acids is 2. The minimum Gasteiger partial charge on any atom is -0.452 e. The molecule has 0 bridgehead atoms. The number of fused-ring (bicyclic) bond motifs is 3. The van der Waals surface area contributed by atoms with Crippen LogP contribution in [-0.4, -0.2) is 50.9 Å². The van der Waals surface area contributed by atoms with Gasteiger partial charge in [-0.15, -0.1) is 4.40 Å². The van der Waals surface area contributed by atoms with Crippen LogP contribution >= 0.6 is 11.8 Å². The smallest absolute Gasteiger partial charge is 0.338 e. The molecule has 2 heterocycles. The summed E-state index contributed by atoms with van der Waals surface area (Å²) in [6.45, 7) is 0.0190. The summed E-state index contributed by atoms with van der Waals surface area (Å²) in [5.74, 6) is -1.17. The van der Waals surface area contributed by atoms with Gasteiger partial charge < -0.3 is 14.5 Å². The normalized spacial score (nSPS) is 15.7. The van der Waals surface area contributed by atoms with Gasteiger partial charge in [0.2, 0.25) is 0 Å². The third-order valence-electron chi connectivity index (χ3n) is 4.85. The van der Waals surface area contributed by atoms with Gasteiger partial charge >= 0.3 is 5.97 Å². The Balaban J connectivity index is 1.44. The summed E-state index contributed by atoms with van der Waals surface area (Å²) in [6.07, 6.45) is 0.146. The van der Waals surface area contributed by atoms with Gasteiger partial charge in [-0.2, -0.15) is 5.26 Å². The van der Waals surface area contributed by atoms with Crippen LogP contribution in [0.3, 0.4) is 0 Å². The molecule has 2 aliphatic rings. The van der Waals surface area contributed by atoms with Crippen molar-refractivity contribution in [3.63, 3.8) is 0 Å². The van der Waals surface area contributed by atoms with Gasteiger partial charge in [-0.1, -0.05) is 18.2 Å². The monoisotopic (exact) mass is 470 g/mol. The molecule has 2 aromatic carbocycles. The van der Waals surface area contributed by atoms with E-state index in [2.05, 4.69) is 4.40 Å². The van der Waals surface area contributed by atoms with Crippen molar-refractivity contribution < 1.29 is 22.7 Å². The molecule has 0 spiro atoms. The molecule has 164 valence electrons. The molecule has 32 heavy (non-hydrogen) atoms. The standard InChI is InChI=1S/C21H18N4O5S2/c22-9-4-10-24(16-5-2-1-3-6-16)19(26)14-30-20(27)15-7-8-17-18(13-15)31-21-23-32(28,29)12-11-25(17)21/h1-3,5-8,13H,4,10-12,14H2. The Morgan fingerprint density at radius 3 is 2.75 bits per heavy atom. The van der Waals surface area contributed by atoms with E-state index in [0.29, 0.717) is 22.3 Å². The second-order valence-corrected chi connectivity index (χ2v) is 9.73. The van der Waals surface area contributed by atoms with E-state index in [0.717, 1.165) is 5.69 Å². The number of hydrogen-bond acceptors (Lipinski definition) is 8. The number of carbonyl (C=O) groups is 2. The fourth-order valence-corrected chi connectivity index (χ4v) is 5.61. The molecule has 0 unspecified atom stereocenters. The number of amidine groups is 1. The third kappa shape index (κ3) is 4.61. The Hall–Kier alpha value is -3.36. The molecule has 0 aromatic heterocycles. The van der Waals surface area contributed by atoms with Gasteiger partial charge in [-0.3, -0.25) is 4.79 Å². The van der Waals surface area contributed by atoms with Crippen LogP contribution in [0.4, 0.5) is 11.4 Å². The highest BCUT2D eigenvalue weighted by Crippen LogP contribution is 2.42. The summed E-state index contributed by atoms with van der Waals surface area (Å²) >= 11 is 1.17. The maximum absolute atomic E-state index is 12.7. The first-order valence-corrected chi connectivity index (χ1v) is 12.1. The lowest BCUT2D eigenvalue weighted by Crippen LogP contribution is -2.35. The quantitative estimate of drug-likeness (QED) is 0.590. The number of nitriles is 1. The first kappa shape index (κ1) is 21.9. The lowest BCUT2D eigenvalue weighted by atomic mass is 10.2. The van der Waals surface area contributed by atoms with Gasteiger partial charge in [-0.05, 0) is 42.1 Å². The van der Waals surface area contributed by atoms with Crippen molar-refractivity contribution in [3.8, 4) is 6.07 Å². The summed E-state index contributed by atoms with van der Waals surface area (Å²) in [5.41, 5.74) is 1.64. The van der Waals surface area contributed by atoms with E-state index in [1.54, 1.807) is 47.4 Å². The average Bonchev–Trinajstić information content (AvgIpc) is 3.13. The molecule has 2 aliphatic heterocycles. The highest BCUT2D eigenvalue weighted by Gasteiger charge is 2.33. The number of ether oxygens (including phenoxy) is 1. The van der Waals surface area contributed by atoms with Crippen molar-refractivity contribution in [1.82, 2.24) is 0 Å². The highest BCUT2D eigenvalue weighted by atomic mass is 32.2. The van der Waals surface area contributed by atoms with E-state index in [1.807, 2.05) is 12.1 Å². The molecule has 0 radical (unpaired) electrons. The van der Waals surface area contributed by atoms with Crippen molar-refractivity contribution >= 4 is 50.2 Å². The van der Waals surface area contributed by atoms with Gasteiger partial charge in [0.25, 0.3) is 15.9 Å². The van der Waals surface area contributed by atoms with Crippen LogP contribution in [0.25, 0.3) is 0 Å². The number of nitrogens with zero attached hydrogens (tertiary/aromatic N) is 4. The van der Waals surface area contributed by atoms with Crippen LogP contribution in [0, 0.1) is 11.3 Å². The number of thioether (sulfide) groups is 1. The number of hydrogen-bond donors (Lipinski definition) is 0. The van der Waals surface area contributed by atoms with Crippen molar-refractivity contribution in [2.75, 3.05) is 35.2 Å². The van der Waals surface area contributed by atoms with Gasteiger partial charge in [-0.25, -0.2) is 13.2 Å². The molecule has 11 heteroatoms. The zero-order valence-corrected chi connectivity index (χ0v) is 18.4. The summed E-state index contributed by atoms with van der Waals surface area (Å²) < 4.78 is 32.5. The van der Waals surface area contributed by atoms with Gasteiger partial charge in [0.1, 0.15) is 0 Å². The maximum Gasteiger partial charge on any atom is 0.338 e. The maximum atomic E-state index is 12.7. The van der Waals surface area contributed by atoms with E-state index in [4.69, 9.17) is 10.00 Å². The van der Waals surface area contributed by atoms with Gasteiger partial charge in [0, 0.05) is 23.7 Å². The predicted octanol–water partition coefficient (Wildman–Crippen LogP) is 2.40. The van der Waals surface area contributed by atoms with Crippen LogP contribution < -0.4 is 9.80 Å². The molecular weight excluding hydrogens is 452 g/mol. The van der Waals surface area contributed by atoms with Crippen molar-refractivity contribution in [2.45, 2.75) is 11.3 Å². The Morgan fingerprint density at radius 1 is 1.22 bits per heavy atom. The number of benzene rings is 2. The van der Waals surface area contributed by atoms with Crippen LogP contribution in [0.15, 0.2) is 57.8 Å². The summed E-state index contributed by atoms with van der Waals surface area (Å²) in [4.78, 5) is 29.1. The lowest BCUT2D eigenvalue weighted by molar-refractivity contribution is -0.121. The molecule has 2 aromatic rings. The predicted molar refractivity (Wildman–Crippen MR) is 120 cm³/mol. The number of para-hydroxylation sites is 1. The number of rotatable bonds is 6. The number of anilines is 2. The Bertz CT molecular complexity index is 1240. The first-order valence-electron chi connectivity index (χ1n) is 9.69. The Labute approximate surface area is 189 Å². The lowest BCUT2D eigenvalue weighted by Gasteiger charge is -2.22. The third-order valence-corrected chi connectivity index (χ3v) is 7.16. The summed E-state index contributed by atoms with van der Waals surface area (Å²) in [7, 11) is -3.47. The molecule has 0 N–H and O–H groups in total. The molecular formula is C21H18N4O5S2. The molecule has 0 saturated carbocycles. The molecule has 0 saturated heterocycles. The second-order valence-electron chi connectivity index (χ2n) is 6.96. The fraction of sp³-hybridized carbons (Fsp3) is 0.238. The van der Waals surface area contributed by atoms with Crippen LogP contribution in [-0.2, 0) is 19.6 Å². The molecule has 1 amide bonds. The van der Waals surface area contributed by atoms with Crippen LogP contribution in [0.2, 0.25) is 0 Å². The van der Waals surface area contributed by atoms with E-state index in [9.17, 15) is 18.0 Å². The van der Waals surface area contributed by atoms with Crippen LogP contribution in [0.1, 0.15) is 16.8 Å². The fourth-order valence-electron chi connectivity index (χ4n) is 3.31. The summed E-state index contributed by atoms with van der Waals surface area (Å²) in [5, 5.41) is 9.24. The molecule has 0 atom stereocenters. The number of esters is 1. The zero-order chi connectivity index (χ0) is 22.7. The molecule has 0 fully saturated rings. The van der Waals surface area contributed by atoms with Crippen molar-refractivity contribution in [2.24, 2.45) is 4.40 Å². The van der Waals surface area contributed by atoms with Gasteiger partial charge in [0.05, 0.1) is 29.5 Å². The molecule has 4 rings (SSSR count). The second kappa shape index (κ2) is 9.02. The minimum absolute atomic E-state index is 0.0634. The van der Waals surface area contributed by atoms with Gasteiger partial charge in [0.15, 0.2) is 11.8 Å². The first-order chi connectivity index (χ1) is 15.4. The largest absolute Gasteiger partial charge is 0.452 e. The van der Waals surface area contributed by atoms with Crippen LogP contribution in [0.5, 0.6) is 0 Å². The summed E-state index contributed by atoms with van der Waals surface area (Å²) in [6, 6.07) is 15.8. The van der Waals surface area contributed by atoms with E-state index >= 15 is 0 Å². The number of sulfonamides is 1. The average molecular weight is 471 g/mol. The number of amides is 1. The van der Waals surface area contributed by atoms with E-state index < -0.39 is 28.5 Å². The van der Waals surface area contributed by atoms with E-state index in [-0.39, 0.29) is 24.3 Å². The topological polar surface area (TPSA) is 120 Å². The molecule has 9 nitrogen and oxygen atoms in total.